The van der Waals surface area contributed by atoms with Gasteiger partial charge in [0.2, 0.25) is 0 Å². The molecule has 0 spiro atoms. The van der Waals surface area contributed by atoms with Gasteiger partial charge in [-0.05, 0) is 36.2 Å². The maximum absolute atomic E-state index is 13.8. The number of benzene rings is 2. The fraction of sp³-hybridized carbons (Fsp3) is 0.176. The van der Waals surface area contributed by atoms with Gasteiger partial charge in [-0.25, -0.2) is 4.39 Å². The average Bonchev–Trinajstić information content (AvgIpc) is 2.49. The molecule has 1 aliphatic rings. The Labute approximate surface area is 122 Å². The molecule has 0 radical (unpaired) electrons. The van der Waals surface area contributed by atoms with Crippen LogP contribution < -0.4 is 5.32 Å². The molecule has 1 atom stereocenters. The van der Waals surface area contributed by atoms with E-state index in [1.165, 1.54) is 6.07 Å². The van der Waals surface area contributed by atoms with Gasteiger partial charge in [-0.1, -0.05) is 24.1 Å². The van der Waals surface area contributed by atoms with Gasteiger partial charge in [0.1, 0.15) is 5.82 Å². The summed E-state index contributed by atoms with van der Waals surface area (Å²) in [5.74, 6) is 3.42. The Bertz CT molecular complexity index is 675. The first-order valence-corrected chi connectivity index (χ1v) is 7.51. The summed E-state index contributed by atoms with van der Waals surface area (Å²) in [4.78, 5) is 0.768. The Morgan fingerprint density at radius 2 is 2.10 bits per heavy atom. The van der Waals surface area contributed by atoms with Crippen LogP contribution in [0.3, 0.4) is 0 Å². The Morgan fingerprint density at radius 3 is 2.95 bits per heavy atom. The molecule has 0 saturated carbocycles. The number of anilines is 1. The summed E-state index contributed by atoms with van der Waals surface area (Å²) >= 11 is 1.59. The first-order valence-electron chi connectivity index (χ1n) is 6.52. The van der Waals surface area contributed by atoms with Crippen molar-refractivity contribution in [2.45, 2.75) is 17.4 Å². The highest BCUT2D eigenvalue weighted by atomic mass is 32.2. The van der Waals surface area contributed by atoms with Crippen molar-refractivity contribution in [2.75, 3.05) is 11.1 Å². The first kappa shape index (κ1) is 13.1. The summed E-state index contributed by atoms with van der Waals surface area (Å²) in [5.41, 5.74) is 2.86. The number of hydrogen-bond donors (Lipinski definition) is 1. The molecule has 0 fully saturated rings. The van der Waals surface area contributed by atoms with Crippen LogP contribution in [0.4, 0.5) is 10.1 Å². The van der Waals surface area contributed by atoms with Gasteiger partial charge in [0.05, 0.1) is 6.04 Å². The van der Waals surface area contributed by atoms with Crippen LogP contribution in [0.2, 0.25) is 0 Å². The predicted molar refractivity (Wildman–Crippen MR) is 82.5 cm³/mol. The fourth-order valence-electron chi connectivity index (χ4n) is 2.44. The first-order chi connectivity index (χ1) is 9.78. The lowest BCUT2D eigenvalue weighted by atomic mass is 10.0. The molecule has 2 aromatic carbocycles. The monoisotopic (exact) mass is 283 g/mol. The van der Waals surface area contributed by atoms with Crippen molar-refractivity contribution < 1.29 is 4.39 Å². The van der Waals surface area contributed by atoms with Gasteiger partial charge in [0.15, 0.2) is 0 Å². The minimum absolute atomic E-state index is 0.128. The SMILES string of the molecule is C#Cc1cccc(NC2CCSc3c(F)cccc32)c1. The maximum atomic E-state index is 13.8. The third-order valence-electron chi connectivity index (χ3n) is 3.40. The standard InChI is InChI=1S/C17H14FNS/c1-2-12-5-3-6-13(11-12)19-16-9-10-20-17-14(16)7-4-8-15(17)18/h1,3-8,11,16,19H,9-10H2. The molecule has 20 heavy (non-hydrogen) atoms. The zero-order valence-corrected chi connectivity index (χ0v) is 11.7. The largest absolute Gasteiger partial charge is 0.378 e. The lowest BCUT2D eigenvalue weighted by Gasteiger charge is -2.27. The topological polar surface area (TPSA) is 12.0 Å². The van der Waals surface area contributed by atoms with Crippen molar-refractivity contribution in [2.24, 2.45) is 0 Å². The van der Waals surface area contributed by atoms with E-state index in [4.69, 9.17) is 6.42 Å². The lowest BCUT2D eigenvalue weighted by molar-refractivity contribution is 0.585. The zero-order chi connectivity index (χ0) is 13.9. The molecule has 3 rings (SSSR count). The van der Waals surface area contributed by atoms with E-state index in [2.05, 4.69) is 11.2 Å². The molecule has 0 aliphatic carbocycles. The normalized spacial score (nSPS) is 17.1. The second-order valence-corrected chi connectivity index (χ2v) is 5.82. The van der Waals surface area contributed by atoms with Gasteiger partial charge in [-0.2, -0.15) is 0 Å². The maximum Gasteiger partial charge on any atom is 0.137 e. The van der Waals surface area contributed by atoms with E-state index < -0.39 is 0 Å². The minimum atomic E-state index is -0.128. The van der Waals surface area contributed by atoms with Crippen LogP contribution in [0.5, 0.6) is 0 Å². The van der Waals surface area contributed by atoms with E-state index in [9.17, 15) is 4.39 Å². The number of nitrogens with one attached hydrogen (secondary N) is 1. The quantitative estimate of drug-likeness (QED) is 0.817. The van der Waals surface area contributed by atoms with Crippen molar-refractivity contribution >= 4 is 17.4 Å². The molecular formula is C17H14FNS. The van der Waals surface area contributed by atoms with Crippen LogP contribution in [0.1, 0.15) is 23.6 Å². The Hall–Kier alpha value is -1.92. The molecule has 1 heterocycles. The molecule has 3 heteroatoms. The minimum Gasteiger partial charge on any atom is -0.378 e. The van der Waals surface area contributed by atoms with Crippen molar-refractivity contribution in [3.8, 4) is 12.3 Å². The zero-order valence-electron chi connectivity index (χ0n) is 10.9. The molecule has 2 aromatic rings. The van der Waals surface area contributed by atoms with Gasteiger partial charge in [0, 0.05) is 21.9 Å². The number of hydrogen-bond acceptors (Lipinski definition) is 2. The van der Waals surface area contributed by atoms with Crippen LogP contribution >= 0.6 is 11.8 Å². The van der Waals surface area contributed by atoms with E-state index in [-0.39, 0.29) is 11.9 Å². The number of rotatable bonds is 2. The van der Waals surface area contributed by atoms with Gasteiger partial charge in [0.25, 0.3) is 0 Å². The molecule has 0 saturated heterocycles. The van der Waals surface area contributed by atoms with E-state index in [1.54, 1.807) is 17.8 Å². The van der Waals surface area contributed by atoms with Crippen molar-refractivity contribution in [3.63, 3.8) is 0 Å². The Balaban J connectivity index is 1.90. The van der Waals surface area contributed by atoms with E-state index in [0.29, 0.717) is 0 Å². The van der Waals surface area contributed by atoms with Crippen LogP contribution in [0.15, 0.2) is 47.4 Å². The fourth-order valence-corrected chi connectivity index (χ4v) is 3.58. The molecular weight excluding hydrogens is 269 g/mol. The van der Waals surface area contributed by atoms with Gasteiger partial charge in [-0.15, -0.1) is 18.2 Å². The molecule has 1 unspecified atom stereocenters. The number of fused-ring (bicyclic) bond motifs is 1. The Kier molecular flexibility index (Phi) is 3.66. The highest BCUT2D eigenvalue weighted by Crippen LogP contribution is 2.39. The lowest BCUT2D eigenvalue weighted by Crippen LogP contribution is -2.16. The summed E-state index contributed by atoms with van der Waals surface area (Å²) in [6.07, 6.45) is 6.39. The Morgan fingerprint density at radius 1 is 1.25 bits per heavy atom. The van der Waals surface area contributed by atoms with Gasteiger partial charge < -0.3 is 5.32 Å². The van der Waals surface area contributed by atoms with E-state index in [1.807, 2.05) is 30.3 Å². The molecule has 0 bridgehead atoms. The average molecular weight is 283 g/mol. The molecule has 1 nitrogen and oxygen atoms in total. The van der Waals surface area contributed by atoms with Crippen molar-refractivity contribution in [1.29, 1.82) is 0 Å². The number of halogens is 1. The molecule has 1 N–H and O–H groups in total. The van der Waals surface area contributed by atoms with Crippen LogP contribution in [0.25, 0.3) is 0 Å². The third-order valence-corrected chi connectivity index (χ3v) is 4.56. The summed E-state index contributed by atoms with van der Waals surface area (Å²) in [7, 11) is 0. The highest BCUT2D eigenvalue weighted by molar-refractivity contribution is 7.99. The summed E-state index contributed by atoms with van der Waals surface area (Å²) in [5, 5.41) is 3.46. The second-order valence-electron chi connectivity index (χ2n) is 4.72. The molecule has 0 amide bonds. The summed E-state index contributed by atoms with van der Waals surface area (Å²) < 4.78 is 13.8. The number of terminal acetylenes is 1. The van der Waals surface area contributed by atoms with Crippen molar-refractivity contribution in [1.82, 2.24) is 0 Å². The van der Waals surface area contributed by atoms with Crippen molar-refractivity contribution in [3.05, 3.63) is 59.4 Å². The summed E-state index contributed by atoms with van der Waals surface area (Å²) in [6.45, 7) is 0. The molecule has 100 valence electrons. The smallest absolute Gasteiger partial charge is 0.137 e. The van der Waals surface area contributed by atoms with E-state index >= 15 is 0 Å². The molecule has 1 aliphatic heterocycles. The summed E-state index contributed by atoms with van der Waals surface area (Å²) in [6, 6.07) is 13.2. The van der Waals surface area contributed by atoms with E-state index in [0.717, 1.165) is 33.9 Å². The molecule has 0 aromatic heterocycles. The van der Waals surface area contributed by atoms with Crippen LogP contribution in [0, 0.1) is 18.2 Å². The van der Waals surface area contributed by atoms with Crippen LogP contribution in [-0.4, -0.2) is 5.75 Å². The van der Waals surface area contributed by atoms with Gasteiger partial charge >= 0.3 is 0 Å². The second kappa shape index (κ2) is 5.60. The predicted octanol–water partition coefficient (Wildman–Crippen LogP) is 4.46. The third kappa shape index (κ3) is 2.52. The van der Waals surface area contributed by atoms with Gasteiger partial charge in [-0.3, -0.25) is 0 Å². The number of thioether (sulfide) groups is 1. The highest BCUT2D eigenvalue weighted by Gasteiger charge is 2.22. The van der Waals surface area contributed by atoms with Crippen LogP contribution in [-0.2, 0) is 0 Å².